The molecule has 3 heterocycles. The van der Waals surface area contributed by atoms with Gasteiger partial charge in [0, 0.05) is 25.7 Å². The van der Waals surface area contributed by atoms with Crippen molar-refractivity contribution in [2.45, 2.75) is 32.9 Å². The minimum atomic E-state index is -0.0951. The number of aryl methyl sites for hydroxylation is 1. The number of nitrogens with zero attached hydrogens (tertiary/aromatic N) is 4. The van der Waals surface area contributed by atoms with Gasteiger partial charge < -0.3 is 4.74 Å². The van der Waals surface area contributed by atoms with E-state index >= 15 is 0 Å². The number of fused-ring (bicyclic) bond motifs is 1. The zero-order valence-electron chi connectivity index (χ0n) is 11.7. The molecule has 1 saturated heterocycles. The van der Waals surface area contributed by atoms with Crippen LogP contribution < -0.4 is 5.56 Å². The van der Waals surface area contributed by atoms with Gasteiger partial charge in [0.2, 0.25) is 4.96 Å². The van der Waals surface area contributed by atoms with E-state index in [1.807, 2.05) is 6.92 Å². The number of aromatic nitrogens is 3. The highest BCUT2D eigenvalue weighted by atomic mass is 32.1. The molecule has 0 spiro atoms. The monoisotopic (exact) mass is 294 g/mol. The Labute approximate surface area is 121 Å². The molecule has 2 aromatic rings. The topological polar surface area (TPSA) is 59.7 Å². The van der Waals surface area contributed by atoms with Gasteiger partial charge in [0.05, 0.1) is 18.4 Å². The van der Waals surface area contributed by atoms with Crippen molar-refractivity contribution in [3.05, 3.63) is 27.1 Å². The summed E-state index contributed by atoms with van der Waals surface area (Å²) in [6, 6.07) is 1.59. The highest BCUT2D eigenvalue weighted by molar-refractivity contribution is 7.16. The Bertz CT molecular complexity index is 666. The van der Waals surface area contributed by atoms with E-state index < -0.39 is 0 Å². The second kappa shape index (κ2) is 5.59. The predicted molar refractivity (Wildman–Crippen MR) is 77.2 cm³/mol. The summed E-state index contributed by atoms with van der Waals surface area (Å²) in [6.45, 7) is 7.28. The van der Waals surface area contributed by atoms with Crippen LogP contribution in [0.25, 0.3) is 4.96 Å². The summed E-state index contributed by atoms with van der Waals surface area (Å²) in [5.74, 6) is 0. The first-order valence-electron chi connectivity index (χ1n) is 6.88. The molecule has 6 nitrogen and oxygen atoms in total. The number of rotatable bonds is 3. The Morgan fingerprint density at radius 2 is 2.40 bits per heavy atom. The van der Waals surface area contributed by atoms with E-state index in [1.165, 1.54) is 15.9 Å². The van der Waals surface area contributed by atoms with E-state index in [0.29, 0.717) is 11.5 Å². The molecule has 0 bridgehead atoms. The van der Waals surface area contributed by atoms with Gasteiger partial charge >= 0.3 is 0 Å². The molecule has 0 amide bonds. The predicted octanol–water partition coefficient (Wildman–Crippen LogP) is 0.934. The molecule has 1 aliphatic heterocycles. The zero-order chi connectivity index (χ0) is 14.1. The third kappa shape index (κ3) is 2.74. The van der Waals surface area contributed by atoms with Gasteiger partial charge in [0.15, 0.2) is 0 Å². The average Bonchev–Trinajstić information content (AvgIpc) is 2.82. The van der Waals surface area contributed by atoms with Gasteiger partial charge in [-0.2, -0.15) is 9.61 Å². The number of morpholine rings is 1. The third-order valence-electron chi connectivity index (χ3n) is 3.35. The van der Waals surface area contributed by atoms with Crippen LogP contribution in [0, 0.1) is 0 Å². The molecule has 0 aliphatic carbocycles. The van der Waals surface area contributed by atoms with Crippen molar-refractivity contribution in [3.8, 4) is 0 Å². The SMILES string of the molecule is CCc1nn2c(=O)cc(CN3CCO[C@@H](C)C3)nc2s1. The van der Waals surface area contributed by atoms with E-state index in [0.717, 1.165) is 36.8 Å². The molecule has 1 aliphatic rings. The number of hydrogen-bond donors (Lipinski definition) is 0. The quantitative estimate of drug-likeness (QED) is 0.843. The van der Waals surface area contributed by atoms with Crippen LogP contribution in [0.1, 0.15) is 24.5 Å². The van der Waals surface area contributed by atoms with Crippen molar-refractivity contribution in [1.82, 2.24) is 19.5 Å². The maximum atomic E-state index is 12.1. The Hall–Kier alpha value is -1.31. The first kappa shape index (κ1) is 13.7. The molecule has 0 saturated carbocycles. The molecule has 3 rings (SSSR count). The first-order chi connectivity index (χ1) is 9.65. The van der Waals surface area contributed by atoms with Gasteiger partial charge in [0.25, 0.3) is 5.56 Å². The fraction of sp³-hybridized carbons (Fsp3) is 0.615. The number of ether oxygens (including phenoxy) is 1. The van der Waals surface area contributed by atoms with E-state index in [1.54, 1.807) is 6.07 Å². The first-order valence-corrected chi connectivity index (χ1v) is 7.70. The van der Waals surface area contributed by atoms with Crippen LogP contribution in [0.5, 0.6) is 0 Å². The van der Waals surface area contributed by atoms with Crippen molar-refractivity contribution in [2.24, 2.45) is 0 Å². The molecule has 0 unspecified atom stereocenters. The maximum absolute atomic E-state index is 12.1. The van der Waals surface area contributed by atoms with Crippen molar-refractivity contribution < 1.29 is 4.74 Å². The lowest BCUT2D eigenvalue weighted by Crippen LogP contribution is -2.40. The van der Waals surface area contributed by atoms with Crippen LogP contribution in [0.4, 0.5) is 0 Å². The number of hydrogen-bond acceptors (Lipinski definition) is 6. The van der Waals surface area contributed by atoms with E-state index in [4.69, 9.17) is 4.74 Å². The Balaban J connectivity index is 1.86. The van der Waals surface area contributed by atoms with Gasteiger partial charge in [-0.15, -0.1) is 0 Å². The smallest absolute Gasteiger partial charge is 0.275 e. The van der Waals surface area contributed by atoms with Crippen molar-refractivity contribution in [2.75, 3.05) is 19.7 Å². The fourth-order valence-corrected chi connectivity index (χ4v) is 3.24. The summed E-state index contributed by atoms with van der Waals surface area (Å²) < 4.78 is 6.92. The summed E-state index contributed by atoms with van der Waals surface area (Å²) in [5.41, 5.74) is 0.720. The molecule has 0 aromatic carbocycles. The largest absolute Gasteiger partial charge is 0.376 e. The summed E-state index contributed by atoms with van der Waals surface area (Å²) in [4.78, 5) is 19.6. The van der Waals surface area contributed by atoms with Crippen LogP contribution >= 0.6 is 11.3 Å². The highest BCUT2D eigenvalue weighted by Gasteiger charge is 2.18. The molecule has 7 heteroatoms. The second-order valence-corrected chi connectivity index (χ2v) is 6.09. The summed E-state index contributed by atoms with van der Waals surface area (Å²) in [5, 5.41) is 5.19. The van der Waals surface area contributed by atoms with E-state index in [2.05, 4.69) is 21.9 Å². The molecule has 0 radical (unpaired) electrons. The van der Waals surface area contributed by atoms with Crippen LogP contribution in [0.2, 0.25) is 0 Å². The van der Waals surface area contributed by atoms with Crippen molar-refractivity contribution in [3.63, 3.8) is 0 Å². The van der Waals surface area contributed by atoms with Gasteiger partial charge in [-0.25, -0.2) is 4.98 Å². The second-order valence-electron chi connectivity index (χ2n) is 5.05. The van der Waals surface area contributed by atoms with Crippen LogP contribution in [-0.4, -0.2) is 45.3 Å². The maximum Gasteiger partial charge on any atom is 0.275 e. The van der Waals surface area contributed by atoms with Crippen LogP contribution in [-0.2, 0) is 17.7 Å². The zero-order valence-corrected chi connectivity index (χ0v) is 12.5. The van der Waals surface area contributed by atoms with E-state index in [9.17, 15) is 4.79 Å². The fourth-order valence-electron chi connectivity index (χ4n) is 2.38. The molecule has 1 fully saturated rings. The Kier molecular flexibility index (Phi) is 3.82. The Morgan fingerprint density at radius 3 is 3.15 bits per heavy atom. The summed E-state index contributed by atoms with van der Waals surface area (Å²) in [7, 11) is 0. The molecule has 108 valence electrons. The minimum Gasteiger partial charge on any atom is -0.376 e. The van der Waals surface area contributed by atoms with Crippen LogP contribution in [0.3, 0.4) is 0 Å². The average molecular weight is 294 g/mol. The van der Waals surface area contributed by atoms with Gasteiger partial charge in [-0.3, -0.25) is 9.69 Å². The molecule has 2 aromatic heterocycles. The molecule has 1 atom stereocenters. The summed E-state index contributed by atoms with van der Waals surface area (Å²) in [6.07, 6.45) is 1.06. The lowest BCUT2D eigenvalue weighted by molar-refractivity contribution is -0.0215. The standard InChI is InChI=1S/C13H18N4O2S/c1-3-11-15-17-12(18)6-10(14-13(17)20-11)8-16-4-5-19-9(2)7-16/h6,9H,3-5,7-8H2,1-2H3/t9-/m0/s1. The lowest BCUT2D eigenvalue weighted by Gasteiger charge is -2.30. The van der Waals surface area contributed by atoms with Crippen molar-refractivity contribution in [1.29, 1.82) is 0 Å². The van der Waals surface area contributed by atoms with Crippen LogP contribution in [0.15, 0.2) is 10.9 Å². The minimum absolute atomic E-state index is 0.0951. The van der Waals surface area contributed by atoms with Gasteiger partial charge in [0.1, 0.15) is 5.01 Å². The van der Waals surface area contributed by atoms with Gasteiger partial charge in [-0.1, -0.05) is 18.3 Å². The normalized spacial score (nSPS) is 20.6. The lowest BCUT2D eigenvalue weighted by atomic mass is 10.3. The van der Waals surface area contributed by atoms with Gasteiger partial charge in [-0.05, 0) is 13.3 Å². The third-order valence-corrected chi connectivity index (χ3v) is 4.41. The summed E-state index contributed by atoms with van der Waals surface area (Å²) >= 11 is 1.49. The van der Waals surface area contributed by atoms with Crippen molar-refractivity contribution >= 4 is 16.3 Å². The molecule has 0 N–H and O–H groups in total. The highest BCUT2D eigenvalue weighted by Crippen LogP contribution is 2.13. The molecular weight excluding hydrogens is 276 g/mol. The van der Waals surface area contributed by atoms with E-state index in [-0.39, 0.29) is 11.7 Å². The molecular formula is C13H18N4O2S. The molecule has 20 heavy (non-hydrogen) atoms. The Morgan fingerprint density at radius 1 is 1.55 bits per heavy atom.